The number of halogens is 3. The van der Waals surface area contributed by atoms with Gasteiger partial charge >= 0.3 is 6.18 Å². The molecule has 2 aromatic carbocycles. The lowest BCUT2D eigenvalue weighted by molar-refractivity contribution is -0.189. The Kier molecular flexibility index (Phi) is 8.89. The second-order valence-electron chi connectivity index (χ2n) is 9.82. The summed E-state index contributed by atoms with van der Waals surface area (Å²) in [6.07, 6.45) is -4.04. The highest BCUT2D eigenvalue weighted by Gasteiger charge is 2.38. The molecule has 0 saturated heterocycles. The molecule has 1 unspecified atom stereocenters. The second-order valence-corrected chi connectivity index (χ2v) is 9.82. The summed E-state index contributed by atoms with van der Waals surface area (Å²) >= 11 is 0. The highest BCUT2D eigenvalue weighted by molar-refractivity contribution is 5.94. The van der Waals surface area contributed by atoms with Crippen molar-refractivity contribution in [2.75, 3.05) is 6.61 Å². The third kappa shape index (κ3) is 6.93. The van der Waals surface area contributed by atoms with E-state index in [0.29, 0.717) is 30.0 Å². The largest absolute Gasteiger partial charge is 0.481 e. The van der Waals surface area contributed by atoms with Crippen molar-refractivity contribution in [1.82, 2.24) is 9.55 Å². The predicted octanol–water partition coefficient (Wildman–Crippen LogP) is 4.93. The topological polar surface area (TPSA) is 111 Å². The molecule has 0 aliphatic carbocycles. The number of hydrogen-bond acceptors (Lipinski definition) is 5. The van der Waals surface area contributed by atoms with Gasteiger partial charge in [-0.3, -0.25) is 4.79 Å². The molecule has 0 fully saturated rings. The SMILES string of the molecule is CCn1cc(-c2ccc(C[C@@H](CCO)c3cc(OC(C)C(F)(F)F)ccc3C(N)=O)cc2)nc1C(C)(C)O. The number of carbonyl (C=O) groups excluding carboxylic acids is 1. The first kappa shape index (κ1) is 29.2. The standard InChI is InChI=1S/C28H34F3N3O4/c1-5-34-16-24(33-26(34)27(3,4)37)19-8-6-18(7-9-19)14-20(12-13-35)23-15-21(10-11-22(23)25(32)36)38-17(2)28(29,30)31/h6-11,15-17,20,35,37H,5,12-14H2,1-4H3,(H2,32,36)/t17?,20-/m1/s1. The number of aliphatic hydroxyl groups excluding tert-OH is 1. The number of aromatic nitrogens is 2. The van der Waals surface area contributed by atoms with Crippen LogP contribution in [0.5, 0.6) is 5.75 Å². The zero-order valence-corrected chi connectivity index (χ0v) is 21.9. The number of ether oxygens (including phenoxy) is 1. The molecule has 3 rings (SSSR count). The van der Waals surface area contributed by atoms with Gasteiger partial charge in [0.1, 0.15) is 17.2 Å². The van der Waals surface area contributed by atoms with Gasteiger partial charge in [0, 0.05) is 30.5 Å². The lowest BCUT2D eigenvalue weighted by atomic mass is 9.86. The number of aliphatic hydroxyl groups is 2. The van der Waals surface area contributed by atoms with Crippen molar-refractivity contribution in [3.05, 3.63) is 71.2 Å². The minimum Gasteiger partial charge on any atom is -0.481 e. The average Bonchev–Trinajstić information content (AvgIpc) is 3.29. The van der Waals surface area contributed by atoms with Crippen LogP contribution in [-0.2, 0) is 18.6 Å². The molecule has 2 atom stereocenters. The third-order valence-electron chi connectivity index (χ3n) is 6.38. The summed E-state index contributed by atoms with van der Waals surface area (Å²) < 4.78 is 46.0. The van der Waals surface area contributed by atoms with E-state index < -0.39 is 29.7 Å². The molecule has 0 bridgehead atoms. The van der Waals surface area contributed by atoms with Gasteiger partial charge in [-0.25, -0.2) is 4.98 Å². The van der Waals surface area contributed by atoms with Crippen LogP contribution < -0.4 is 10.5 Å². The molecule has 1 amide bonds. The summed E-state index contributed by atoms with van der Waals surface area (Å²) in [7, 11) is 0. The van der Waals surface area contributed by atoms with Gasteiger partial charge in [-0.15, -0.1) is 0 Å². The molecular formula is C28H34F3N3O4. The fourth-order valence-electron chi connectivity index (χ4n) is 4.35. The zero-order chi connectivity index (χ0) is 28.3. The first-order chi connectivity index (χ1) is 17.7. The van der Waals surface area contributed by atoms with Crippen LogP contribution >= 0.6 is 0 Å². The van der Waals surface area contributed by atoms with Crippen molar-refractivity contribution in [1.29, 1.82) is 0 Å². The molecule has 206 valence electrons. The van der Waals surface area contributed by atoms with Crippen LogP contribution in [0.2, 0.25) is 0 Å². The van der Waals surface area contributed by atoms with Gasteiger partial charge in [0.15, 0.2) is 6.10 Å². The predicted molar refractivity (Wildman–Crippen MR) is 138 cm³/mol. The number of hydrogen-bond donors (Lipinski definition) is 3. The van der Waals surface area contributed by atoms with Crippen molar-refractivity contribution in [2.24, 2.45) is 5.73 Å². The van der Waals surface area contributed by atoms with Gasteiger partial charge in [-0.05, 0) is 75.8 Å². The molecule has 1 aromatic heterocycles. The van der Waals surface area contributed by atoms with Crippen LogP contribution in [0, 0.1) is 0 Å². The van der Waals surface area contributed by atoms with Crippen LogP contribution in [-0.4, -0.2) is 44.6 Å². The number of imidazole rings is 1. The van der Waals surface area contributed by atoms with Crippen molar-refractivity contribution in [3.8, 4) is 17.0 Å². The summed E-state index contributed by atoms with van der Waals surface area (Å²) in [5.41, 5.74) is 7.48. The summed E-state index contributed by atoms with van der Waals surface area (Å²) in [6, 6.07) is 11.6. The van der Waals surface area contributed by atoms with E-state index in [-0.39, 0.29) is 24.3 Å². The summed E-state index contributed by atoms with van der Waals surface area (Å²) in [4.78, 5) is 16.7. The molecule has 3 aromatic rings. The number of primary amides is 1. The number of rotatable bonds is 11. The minimum absolute atomic E-state index is 0.0396. The van der Waals surface area contributed by atoms with E-state index in [4.69, 9.17) is 10.5 Å². The number of nitrogens with two attached hydrogens (primary N) is 1. The van der Waals surface area contributed by atoms with Gasteiger partial charge < -0.3 is 25.3 Å². The number of aryl methyl sites for hydroxylation is 1. The smallest absolute Gasteiger partial charge is 0.425 e. The summed E-state index contributed by atoms with van der Waals surface area (Å²) in [5.74, 6) is -0.604. The molecule has 1 heterocycles. The van der Waals surface area contributed by atoms with E-state index in [1.54, 1.807) is 13.8 Å². The molecule has 0 saturated carbocycles. The van der Waals surface area contributed by atoms with E-state index in [1.807, 2.05) is 42.0 Å². The van der Waals surface area contributed by atoms with E-state index >= 15 is 0 Å². The van der Waals surface area contributed by atoms with Gasteiger partial charge in [0.05, 0.1) is 5.69 Å². The van der Waals surface area contributed by atoms with E-state index in [0.717, 1.165) is 18.1 Å². The molecule has 7 nitrogen and oxygen atoms in total. The molecule has 0 aliphatic heterocycles. The Bertz CT molecular complexity index is 1250. The number of amides is 1. The summed E-state index contributed by atoms with van der Waals surface area (Å²) in [5, 5.41) is 20.1. The highest BCUT2D eigenvalue weighted by Crippen LogP contribution is 2.33. The van der Waals surface area contributed by atoms with Crippen molar-refractivity contribution in [3.63, 3.8) is 0 Å². The minimum atomic E-state index is -4.55. The number of alkyl halides is 3. The normalized spacial score (nSPS) is 13.8. The van der Waals surface area contributed by atoms with Gasteiger partial charge in [-0.2, -0.15) is 13.2 Å². The second kappa shape index (κ2) is 11.6. The third-order valence-corrected chi connectivity index (χ3v) is 6.38. The van der Waals surface area contributed by atoms with Crippen molar-refractivity contribution >= 4 is 5.91 Å². The fraction of sp³-hybridized carbons (Fsp3) is 0.429. The van der Waals surface area contributed by atoms with Crippen molar-refractivity contribution < 1.29 is 32.9 Å². The quantitative estimate of drug-likeness (QED) is 0.324. The number of nitrogens with zero attached hydrogens (tertiary/aromatic N) is 2. The molecule has 0 aliphatic rings. The molecule has 10 heteroatoms. The number of benzene rings is 2. The lowest BCUT2D eigenvalue weighted by Gasteiger charge is -2.22. The summed E-state index contributed by atoms with van der Waals surface area (Å²) in [6.45, 7) is 6.69. The lowest BCUT2D eigenvalue weighted by Crippen LogP contribution is -2.31. The number of carbonyl (C=O) groups is 1. The van der Waals surface area contributed by atoms with Crippen LogP contribution in [0.4, 0.5) is 13.2 Å². The van der Waals surface area contributed by atoms with Crippen molar-refractivity contribution in [2.45, 2.75) is 70.9 Å². The Morgan fingerprint density at radius 2 is 1.82 bits per heavy atom. The van der Waals surface area contributed by atoms with Crippen LogP contribution in [0.15, 0.2) is 48.7 Å². The van der Waals surface area contributed by atoms with Crippen LogP contribution in [0.1, 0.15) is 67.3 Å². The molecule has 4 N–H and O–H groups in total. The van der Waals surface area contributed by atoms with Gasteiger partial charge in [-0.1, -0.05) is 24.3 Å². The Labute approximate surface area is 220 Å². The van der Waals surface area contributed by atoms with Gasteiger partial charge in [0.2, 0.25) is 5.91 Å². The maximum atomic E-state index is 13.0. The van der Waals surface area contributed by atoms with Crippen LogP contribution in [0.25, 0.3) is 11.3 Å². The maximum Gasteiger partial charge on any atom is 0.425 e. The Balaban J connectivity index is 1.90. The van der Waals surface area contributed by atoms with E-state index in [1.165, 1.54) is 18.2 Å². The highest BCUT2D eigenvalue weighted by atomic mass is 19.4. The van der Waals surface area contributed by atoms with Gasteiger partial charge in [0.25, 0.3) is 0 Å². The monoisotopic (exact) mass is 533 g/mol. The Morgan fingerprint density at radius 1 is 1.16 bits per heavy atom. The maximum absolute atomic E-state index is 13.0. The fourth-order valence-corrected chi connectivity index (χ4v) is 4.35. The van der Waals surface area contributed by atoms with E-state index in [2.05, 4.69) is 4.98 Å². The zero-order valence-electron chi connectivity index (χ0n) is 21.9. The Hall–Kier alpha value is -3.37. The first-order valence-electron chi connectivity index (χ1n) is 12.4. The Morgan fingerprint density at radius 3 is 2.32 bits per heavy atom. The molecule has 0 spiro atoms. The van der Waals surface area contributed by atoms with Crippen LogP contribution in [0.3, 0.4) is 0 Å². The molecule has 0 radical (unpaired) electrons. The average molecular weight is 534 g/mol. The molecular weight excluding hydrogens is 499 g/mol. The molecule has 38 heavy (non-hydrogen) atoms. The first-order valence-corrected chi connectivity index (χ1v) is 12.4. The van der Waals surface area contributed by atoms with E-state index in [9.17, 15) is 28.2 Å².